The number of sulfonamides is 1. The first-order valence-corrected chi connectivity index (χ1v) is 6.67. The Morgan fingerprint density at radius 1 is 1.24 bits per heavy atom. The fourth-order valence-corrected chi connectivity index (χ4v) is 1.91. The molecule has 0 bridgehead atoms. The third-order valence-electron chi connectivity index (χ3n) is 2.11. The van der Waals surface area contributed by atoms with Crippen LogP contribution in [0.5, 0.6) is 0 Å². The lowest BCUT2D eigenvalue weighted by Gasteiger charge is -2.16. The van der Waals surface area contributed by atoms with Crippen molar-refractivity contribution in [2.75, 3.05) is 0 Å². The van der Waals surface area contributed by atoms with Gasteiger partial charge in [0.25, 0.3) is 0 Å². The second kappa shape index (κ2) is 6.55. The molecule has 7 nitrogen and oxygen atoms in total. The Morgan fingerprint density at radius 3 is 2.12 bits per heavy atom. The number of aliphatic carboxylic acids is 2. The molecule has 0 fully saturated rings. The van der Waals surface area contributed by atoms with E-state index in [4.69, 9.17) is 10.2 Å². The Morgan fingerprint density at radius 2 is 1.76 bits per heavy atom. The van der Waals surface area contributed by atoms with Crippen molar-refractivity contribution in [2.24, 2.45) is 0 Å². The zero-order valence-electron chi connectivity index (χ0n) is 9.71. The zero-order chi connectivity index (χ0) is 13.6. The van der Waals surface area contributed by atoms with Crippen LogP contribution in [-0.4, -0.2) is 41.9 Å². The van der Waals surface area contributed by atoms with Crippen molar-refractivity contribution in [1.82, 2.24) is 4.72 Å². The van der Waals surface area contributed by atoms with E-state index in [0.29, 0.717) is 0 Å². The average Bonchev–Trinajstić information content (AvgIpc) is 2.14. The summed E-state index contributed by atoms with van der Waals surface area (Å²) in [4.78, 5) is 21.1. The summed E-state index contributed by atoms with van der Waals surface area (Å²) in [6, 6.07) is -1.28. The molecule has 0 saturated heterocycles. The molecule has 0 amide bonds. The lowest BCUT2D eigenvalue weighted by Crippen LogP contribution is -2.43. The molecule has 8 heteroatoms. The lowest BCUT2D eigenvalue weighted by molar-refractivity contribution is -0.140. The number of carboxylic acids is 2. The molecule has 0 aliphatic carbocycles. The van der Waals surface area contributed by atoms with E-state index in [9.17, 15) is 18.0 Å². The second-order valence-corrected chi connectivity index (χ2v) is 6.16. The quantitative estimate of drug-likeness (QED) is 0.570. The number of hydrogen-bond acceptors (Lipinski definition) is 4. The maximum atomic E-state index is 11.5. The SMILES string of the molecule is CC(C)S(=O)(=O)N[C@H](CCCC(=O)O)C(=O)O. The van der Waals surface area contributed by atoms with Gasteiger partial charge in [0.15, 0.2) is 0 Å². The number of nitrogens with one attached hydrogen (secondary N) is 1. The Hall–Kier alpha value is -1.15. The molecule has 0 aliphatic rings. The molecule has 0 saturated carbocycles. The Kier molecular flexibility index (Phi) is 6.11. The van der Waals surface area contributed by atoms with E-state index in [2.05, 4.69) is 0 Å². The summed E-state index contributed by atoms with van der Waals surface area (Å²) in [6.07, 6.45) is -0.131. The van der Waals surface area contributed by atoms with Crippen LogP contribution in [0.4, 0.5) is 0 Å². The first-order valence-electron chi connectivity index (χ1n) is 5.12. The van der Waals surface area contributed by atoms with E-state index in [0.717, 1.165) is 0 Å². The van der Waals surface area contributed by atoms with Gasteiger partial charge in [0, 0.05) is 6.42 Å². The first-order chi connectivity index (χ1) is 7.66. The van der Waals surface area contributed by atoms with E-state index in [1.807, 2.05) is 4.72 Å². The Balaban J connectivity index is 4.46. The van der Waals surface area contributed by atoms with Gasteiger partial charge in [0.05, 0.1) is 5.25 Å². The van der Waals surface area contributed by atoms with Crippen LogP contribution in [0.2, 0.25) is 0 Å². The van der Waals surface area contributed by atoms with E-state index in [1.165, 1.54) is 13.8 Å². The Labute approximate surface area is 99.9 Å². The van der Waals surface area contributed by atoms with Gasteiger partial charge in [0.1, 0.15) is 6.04 Å². The molecule has 0 aliphatic heterocycles. The van der Waals surface area contributed by atoms with Gasteiger partial charge >= 0.3 is 11.9 Å². The number of carbonyl (C=O) groups is 2. The van der Waals surface area contributed by atoms with Crippen molar-refractivity contribution in [3.63, 3.8) is 0 Å². The first kappa shape index (κ1) is 15.9. The molecular weight excluding hydrogens is 250 g/mol. The fraction of sp³-hybridized carbons (Fsp3) is 0.778. The number of hydrogen-bond donors (Lipinski definition) is 3. The fourth-order valence-electron chi connectivity index (χ4n) is 1.02. The van der Waals surface area contributed by atoms with Crippen LogP contribution in [0.1, 0.15) is 33.1 Å². The second-order valence-electron chi connectivity index (χ2n) is 3.89. The van der Waals surface area contributed by atoms with Gasteiger partial charge < -0.3 is 10.2 Å². The molecule has 3 N–H and O–H groups in total. The van der Waals surface area contributed by atoms with E-state index in [-0.39, 0.29) is 19.3 Å². The topological polar surface area (TPSA) is 121 Å². The number of rotatable bonds is 8. The molecule has 0 heterocycles. The van der Waals surface area contributed by atoms with Crippen molar-refractivity contribution in [1.29, 1.82) is 0 Å². The third-order valence-corrected chi connectivity index (χ3v) is 3.96. The van der Waals surface area contributed by atoms with Crippen LogP contribution in [0.3, 0.4) is 0 Å². The number of carboxylic acid groups (broad SMARTS) is 2. The van der Waals surface area contributed by atoms with Gasteiger partial charge in [-0.2, -0.15) is 0 Å². The molecule has 0 aromatic heterocycles. The van der Waals surface area contributed by atoms with Crippen molar-refractivity contribution in [2.45, 2.75) is 44.4 Å². The normalized spacial score (nSPS) is 13.6. The van der Waals surface area contributed by atoms with Crippen molar-refractivity contribution < 1.29 is 28.2 Å². The molecule has 1 atom stereocenters. The molecule has 17 heavy (non-hydrogen) atoms. The van der Waals surface area contributed by atoms with Crippen LogP contribution in [0, 0.1) is 0 Å². The van der Waals surface area contributed by atoms with Crippen molar-refractivity contribution in [3.05, 3.63) is 0 Å². The molecule has 0 radical (unpaired) electrons. The summed E-state index contributed by atoms with van der Waals surface area (Å²) in [5.41, 5.74) is 0. The highest BCUT2D eigenvalue weighted by atomic mass is 32.2. The summed E-state index contributed by atoms with van der Waals surface area (Å²) < 4.78 is 24.9. The van der Waals surface area contributed by atoms with Gasteiger partial charge in [-0.25, -0.2) is 13.1 Å². The molecule has 0 aromatic rings. The van der Waals surface area contributed by atoms with Crippen LogP contribution < -0.4 is 4.72 Å². The maximum absolute atomic E-state index is 11.5. The molecule has 0 spiro atoms. The average molecular weight is 267 g/mol. The van der Waals surface area contributed by atoms with Gasteiger partial charge in [-0.05, 0) is 26.7 Å². The van der Waals surface area contributed by atoms with Crippen LogP contribution >= 0.6 is 0 Å². The highest BCUT2D eigenvalue weighted by molar-refractivity contribution is 7.90. The lowest BCUT2D eigenvalue weighted by atomic mass is 10.1. The minimum atomic E-state index is -3.67. The summed E-state index contributed by atoms with van der Waals surface area (Å²) in [5.74, 6) is -2.35. The molecule has 0 rings (SSSR count). The summed E-state index contributed by atoms with van der Waals surface area (Å²) >= 11 is 0. The Bertz CT molecular complexity index is 375. The minimum absolute atomic E-state index is 0.0480. The molecule has 100 valence electrons. The van der Waals surface area contributed by atoms with Crippen molar-refractivity contribution in [3.8, 4) is 0 Å². The van der Waals surface area contributed by atoms with Gasteiger partial charge in [-0.3, -0.25) is 9.59 Å². The van der Waals surface area contributed by atoms with Gasteiger partial charge in [0.2, 0.25) is 10.0 Å². The molecular formula is C9H17NO6S. The van der Waals surface area contributed by atoms with E-state index in [1.54, 1.807) is 0 Å². The highest BCUT2D eigenvalue weighted by Crippen LogP contribution is 2.06. The van der Waals surface area contributed by atoms with Gasteiger partial charge in [-0.1, -0.05) is 0 Å². The van der Waals surface area contributed by atoms with E-state index < -0.39 is 33.3 Å². The largest absolute Gasteiger partial charge is 0.481 e. The monoisotopic (exact) mass is 267 g/mol. The predicted octanol–water partition coefficient (Wildman–Crippen LogP) is 0.0223. The summed E-state index contributed by atoms with van der Waals surface area (Å²) in [6.45, 7) is 2.86. The van der Waals surface area contributed by atoms with Crippen LogP contribution in [0.25, 0.3) is 0 Å². The zero-order valence-corrected chi connectivity index (χ0v) is 10.5. The smallest absolute Gasteiger partial charge is 0.321 e. The summed E-state index contributed by atoms with van der Waals surface area (Å²) in [7, 11) is -3.67. The van der Waals surface area contributed by atoms with E-state index >= 15 is 0 Å². The van der Waals surface area contributed by atoms with Crippen LogP contribution in [0.15, 0.2) is 0 Å². The van der Waals surface area contributed by atoms with Gasteiger partial charge in [-0.15, -0.1) is 0 Å². The minimum Gasteiger partial charge on any atom is -0.481 e. The van der Waals surface area contributed by atoms with Crippen LogP contribution in [-0.2, 0) is 19.6 Å². The highest BCUT2D eigenvalue weighted by Gasteiger charge is 2.25. The molecule has 0 unspecified atom stereocenters. The van der Waals surface area contributed by atoms with Crippen molar-refractivity contribution >= 4 is 22.0 Å². The maximum Gasteiger partial charge on any atom is 0.321 e. The third kappa shape index (κ3) is 6.22. The standard InChI is InChI=1S/C9H17NO6S/c1-6(2)17(15,16)10-7(9(13)14)4-3-5-8(11)12/h6-7,10H,3-5H2,1-2H3,(H,11,12)(H,13,14)/t7-/m1/s1. The summed E-state index contributed by atoms with van der Waals surface area (Å²) in [5, 5.41) is 16.5. The predicted molar refractivity (Wildman–Crippen MR) is 60.1 cm³/mol. The molecule has 0 aromatic carbocycles.